The molecule has 4 N–H and O–H groups in total. The van der Waals surface area contributed by atoms with Crippen LogP contribution in [-0.4, -0.2) is 45.8 Å². The Morgan fingerprint density at radius 1 is 0.667 bits per heavy atom. The van der Waals surface area contributed by atoms with Crippen molar-refractivity contribution >= 4 is 40.7 Å². The quantitative estimate of drug-likeness (QED) is 0.0938. The van der Waals surface area contributed by atoms with Crippen molar-refractivity contribution in [3.63, 3.8) is 0 Å². The second-order valence-electron chi connectivity index (χ2n) is 16.3. The molecule has 0 spiro atoms. The predicted molar refractivity (Wildman–Crippen MR) is 267 cm³/mol. The number of carbonyl (C=O) groups excluding carboxylic acids is 1. The molecule has 13 heteroatoms. The van der Waals surface area contributed by atoms with Crippen LogP contribution in [0, 0.1) is 0 Å². The number of aliphatic imine (C=N–C) groups is 1. The van der Waals surface area contributed by atoms with Crippen LogP contribution in [0.5, 0.6) is 11.5 Å². The molecule has 11 rings (SSSR count). The summed E-state index contributed by atoms with van der Waals surface area (Å²) in [5.74, 6) is 2.24. The highest BCUT2D eigenvalue weighted by Crippen LogP contribution is 2.39. The van der Waals surface area contributed by atoms with E-state index in [9.17, 15) is 4.79 Å². The van der Waals surface area contributed by atoms with Gasteiger partial charge in [-0.25, -0.2) is 15.0 Å². The SMILES string of the molecule is NC1(c2ccc(OCc3ccccc3)cc2)N=CNc2cnc(-c3cccc(C4OCCO4)c3)cc21.O=Cc1cccc(-c2cc3c(Nc4ccc(OCc5ccccc5)cc4)ncnc3cn2)c1. The Hall–Kier alpha value is -8.62. The van der Waals surface area contributed by atoms with Crippen LogP contribution in [-0.2, 0) is 28.4 Å². The third kappa shape index (κ3) is 10.4. The molecule has 3 aromatic heterocycles. The van der Waals surface area contributed by atoms with E-state index in [0.717, 1.165) is 90.4 Å². The molecule has 2 aliphatic heterocycles. The van der Waals surface area contributed by atoms with Crippen molar-refractivity contribution in [2.45, 2.75) is 25.2 Å². The van der Waals surface area contributed by atoms with Gasteiger partial charge in [0, 0.05) is 38.9 Å². The highest BCUT2D eigenvalue weighted by molar-refractivity contribution is 5.93. The molecule has 0 radical (unpaired) electrons. The molecule has 9 aromatic rings. The van der Waals surface area contributed by atoms with Crippen molar-refractivity contribution in [3.05, 3.63) is 222 Å². The van der Waals surface area contributed by atoms with E-state index < -0.39 is 5.66 Å². The van der Waals surface area contributed by atoms with Crippen molar-refractivity contribution in [1.82, 2.24) is 19.9 Å². The third-order valence-electron chi connectivity index (χ3n) is 11.6. The van der Waals surface area contributed by atoms with Crippen LogP contribution in [0.1, 0.15) is 44.5 Å². The lowest BCUT2D eigenvalue weighted by atomic mass is 9.90. The maximum absolute atomic E-state index is 11.1. The van der Waals surface area contributed by atoms with E-state index >= 15 is 0 Å². The molecular weight excluding hydrogens is 865 g/mol. The van der Waals surface area contributed by atoms with Crippen LogP contribution in [0.4, 0.5) is 17.2 Å². The number of pyridine rings is 2. The molecule has 340 valence electrons. The molecule has 0 bridgehead atoms. The summed E-state index contributed by atoms with van der Waals surface area (Å²) in [5.41, 5.74) is 17.1. The number of nitrogens with two attached hydrogens (primary N) is 1. The van der Waals surface area contributed by atoms with E-state index in [-0.39, 0.29) is 6.29 Å². The average molecular weight is 911 g/mol. The molecular formula is C56H46N8O5. The van der Waals surface area contributed by atoms with Gasteiger partial charge in [-0.1, -0.05) is 109 Å². The molecule has 0 aliphatic carbocycles. The van der Waals surface area contributed by atoms with E-state index in [2.05, 4.69) is 35.6 Å². The van der Waals surface area contributed by atoms with Gasteiger partial charge in [-0.05, 0) is 77.4 Å². The van der Waals surface area contributed by atoms with Crippen molar-refractivity contribution in [2.75, 3.05) is 23.8 Å². The smallest absolute Gasteiger partial charge is 0.184 e. The monoisotopic (exact) mass is 910 g/mol. The van der Waals surface area contributed by atoms with E-state index in [1.165, 1.54) is 6.33 Å². The second-order valence-corrected chi connectivity index (χ2v) is 16.3. The summed E-state index contributed by atoms with van der Waals surface area (Å²) < 4.78 is 23.1. The standard InChI is InChI=1S/C29H26N4O3.C27H20N4O2/c30-29(23-9-11-24(12-10-23)36-18-20-5-2-1-3-6-20)25-16-26(31-17-27(25)32-19-33-29)21-7-4-8-22(15-21)28-34-13-14-35-28;32-16-20-7-4-8-21(13-20)25-14-24-26(15-28-25)29-18-30-27(24)31-22-9-11-23(12-10-22)33-17-19-5-2-1-3-6-19/h1-12,15-17,19,28H,13-14,18,30H2,(H,32,33);1-16,18H,17H2,(H,29,30,31). The maximum atomic E-state index is 11.1. The Morgan fingerprint density at radius 2 is 1.30 bits per heavy atom. The largest absolute Gasteiger partial charge is 0.489 e. The predicted octanol–water partition coefficient (Wildman–Crippen LogP) is 10.8. The number of hydrogen-bond donors (Lipinski definition) is 3. The van der Waals surface area contributed by atoms with Crippen LogP contribution in [0.15, 0.2) is 194 Å². The molecule has 5 heterocycles. The second kappa shape index (κ2) is 20.5. The summed E-state index contributed by atoms with van der Waals surface area (Å²) >= 11 is 0. The number of nitrogens with one attached hydrogen (secondary N) is 2. The molecule has 1 fully saturated rings. The molecule has 6 aromatic carbocycles. The molecule has 13 nitrogen and oxygen atoms in total. The number of fused-ring (bicyclic) bond motifs is 2. The Kier molecular flexibility index (Phi) is 13.1. The summed E-state index contributed by atoms with van der Waals surface area (Å²) in [7, 11) is 0. The summed E-state index contributed by atoms with van der Waals surface area (Å²) in [6.07, 6.45) is 7.13. The minimum Gasteiger partial charge on any atom is -0.489 e. The molecule has 2 aliphatic rings. The Labute approximate surface area is 398 Å². The lowest BCUT2D eigenvalue weighted by molar-refractivity contribution is -0.0440. The molecule has 1 atom stereocenters. The van der Waals surface area contributed by atoms with Gasteiger partial charge in [0.05, 0.1) is 54.5 Å². The molecule has 69 heavy (non-hydrogen) atoms. The lowest BCUT2D eigenvalue weighted by Gasteiger charge is -2.31. The van der Waals surface area contributed by atoms with Gasteiger partial charge in [0.15, 0.2) is 12.0 Å². The van der Waals surface area contributed by atoms with Gasteiger partial charge >= 0.3 is 0 Å². The fourth-order valence-electron chi connectivity index (χ4n) is 7.99. The molecule has 1 saturated heterocycles. The summed E-state index contributed by atoms with van der Waals surface area (Å²) in [6, 6.07) is 55.0. The van der Waals surface area contributed by atoms with Crippen LogP contribution < -0.4 is 25.8 Å². The number of hydrogen-bond acceptors (Lipinski definition) is 13. The normalized spacial score (nSPS) is 15.0. The summed E-state index contributed by atoms with van der Waals surface area (Å²) in [4.78, 5) is 33.7. The van der Waals surface area contributed by atoms with E-state index in [4.69, 9.17) is 24.7 Å². The topological polar surface area (TPSA) is 168 Å². The number of nitrogens with zero attached hydrogens (tertiary/aromatic N) is 5. The summed E-state index contributed by atoms with van der Waals surface area (Å²) in [6.45, 7) is 2.22. The van der Waals surface area contributed by atoms with Crippen LogP contribution >= 0.6 is 0 Å². The van der Waals surface area contributed by atoms with Gasteiger partial charge in [-0.2, -0.15) is 0 Å². The number of aldehydes is 1. The van der Waals surface area contributed by atoms with Gasteiger partial charge in [0.25, 0.3) is 0 Å². The van der Waals surface area contributed by atoms with Gasteiger partial charge in [-0.15, -0.1) is 0 Å². The Balaban J connectivity index is 0.000000161. The van der Waals surface area contributed by atoms with Gasteiger partial charge in [0.1, 0.15) is 43.1 Å². The van der Waals surface area contributed by atoms with Crippen LogP contribution in [0.2, 0.25) is 0 Å². The number of carbonyl (C=O) groups is 1. The number of rotatable bonds is 13. The van der Waals surface area contributed by atoms with E-state index in [1.807, 2.05) is 164 Å². The molecule has 1 unspecified atom stereocenters. The first-order valence-electron chi connectivity index (χ1n) is 22.4. The zero-order chi connectivity index (χ0) is 46.8. The number of anilines is 3. The van der Waals surface area contributed by atoms with Crippen molar-refractivity contribution < 1.29 is 23.7 Å². The molecule has 0 amide bonds. The fourth-order valence-corrected chi connectivity index (χ4v) is 7.99. The Bertz CT molecular complexity index is 3220. The van der Waals surface area contributed by atoms with Crippen molar-refractivity contribution in [1.29, 1.82) is 0 Å². The minimum atomic E-state index is -1.06. The average Bonchev–Trinajstić information content (AvgIpc) is 3.97. The van der Waals surface area contributed by atoms with Gasteiger partial charge in [0.2, 0.25) is 0 Å². The number of benzene rings is 6. The summed E-state index contributed by atoms with van der Waals surface area (Å²) in [5, 5.41) is 7.37. The van der Waals surface area contributed by atoms with E-state index in [0.29, 0.717) is 37.8 Å². The van der Waals surface area contributed by atoms with Crippen molar-refractivity contribution in [3.8, 4) is 34.0 Å². The van der Waals surface area contributed by atoms with Gasteiger partial charge in [-0.3, -0.25) is 20.5 Å². The van der Waals surface area contributed by atoms with Crippen LogP contribution in [0.25, 0.3) is 33.4 Å². The van der Waals surface area contributed by atoms with Crippen LogP contribution in [0.3, 0.4) is 0 Å². The first kappa shape index (κ1) is 44.2. The molecule has 0 saturated carbocycles. The zero-order valence-electron chi connectivity index (χ0n) is 37.3. The first-order valence-corrected chi connectivity index (χ1v) is 22.4. The Morgan fingerprint density at radius 3 is 2.00 bits per heavy atom. The maximum Gasteiger partial charge on any atom is 0.184 e. The van der Waals surface area contributed by atoms with Crippen molar-refractivity contribution in [2.24, 2.45) is 10.7 Å². The zero-order valence-corrected chi connectivity index (χ0v) is 37.3. The number of aromatic nitrogens is 4. The third-order valence-corrected chi connectivity index (χ3v) is 11.6. The fraction of sp³-hybridized carbons (Fsp3) is 0.107. The first-order chi connectivity index (χ1) is 34.0. The van der Waals surface area contributed by atoms with E-state index in [1.54, 1.807) is 24.8 Å². The number of ether oxygens (including phenoxy) is 4. The minimum absolute atomic E-state index is 0.343. The van der Waals surface area contributed by atoms with Gasteiger partial charge < -0.3 is 29.6 Å². The lowest BCUT2D eigenvalue weighted by Crippen LogP contribution is -2.39. The highest BCUT2D eigenvalue weighted by Gasteiger charge is 2.34. The highest BCUT2D eigenvalue weighted by atomic mass is 16.7.